The molecule has 0 bridgehead atoms. The molecule has 0 aromatic carbocycles. The number of sulfone groups is 1. The number of rotatable bonds is 8. The molecule has 0 amide bonds. The third-order valence-corrected chi connectivity index (χ3v) is 8.21. The summed E-state index contributed by atoms with van der Waals surface area (Å²) in [5.74, 6) is 0. The van der Waals surface area contributed by atoms with Crippen LogP contribution < -0.4 is 0 Å². The molecule has 1 aliphatic rings. The average Bonchev–Trinajstić information content (AvgIpc) is 2.62. The first-order chi connectivity index (χ1) is 13.8. The van der Waals surface area contributed by atoms with Crippen molar-refractivity contribution in [2.75, 3.05) is 6.26 Å². The molecule has 2 unspecified atom stereocenters. The molecule has 0 fully saturated rings. The van der Waals surface area contributed by atoms with E-state index in [1.807, 2.05) is 26.8 Å². The van der Waals surface area contributed by atoms with Crippen LogP contribution in [0.3, 0.4) is 0 Å². The summed E-state index contributed by atoms with van der Waals surface area (Å²) < 4.78 is 29.5. The molecule has 1 aromatic rings. The van der Waals surface area contributed by atoms with Crippen molar-refractivity contribution in [2.45, 2.75) is 70.0 Å². The monoisotopic (exact) mass is 452 g/mol. The minimum absolute atomic E-state index is 0.316. The molecule has 2 rings (SSSR count). The second-order valence-electron chi connectivity index (χ2n) is 8.61. The Morgan fingerprint density at radius 3 is 2.60 bits per heavy atom. The molecule has 0 saturated carbocycles. The fourth-order valence-electron chi connectivity index (χ4n) is 3.57. The van der Waals surface area contributed by atoms with Crippen LogP contribution in [0.25, 0.3) is 16.0 Å². The SMILES string of the molecule is C=C1C=C(C(C)(CC)N=[N+]=[N-])c2cc(Cl)ncc2C1O[C@@H](C)CC(C)(C)S(C)(=O)=O. The van der Waals surface area contributed by atoms with Crippen LogP contribution >= 0.6 is 11.6 Å². The van der Waals surface area contributed by atoms with Gasteiger partial charge in [-0.25, -0.2) is 13.4 Å². The number of fused-ring (bicyclic) bond motifs is 1. The molecular weight excluding hydrogens is 424 g/mol. The van der Waals surface area contributed by atoms with Crippen molar-refractivity contribution in [2.24, 2.45) is 5.11 Å². The summed E-state index contributed by atoms with van der Waals surface area (Å²) >= 11 is 6.17. The summed E-state index contributed by atoms with van der Waals surface area (Å²) in [6.07, 6.45) is 4.79. The molecule has 1 aromatic heterocycles. The zero-order valence-corrected chi connectivity index (χ0v) is 19.9. The van der Waals surface area contributed by atoms with Gasteiger partial charge in [0, 0.05) is 22.9 Å². The Morgan fingerprint density at radius 1 is 1.43 bits per heavy atom. The minimum Gasteiger partial charge on any atom is -0.366 e. The largest absolute Gasteiger partial charge is 0.366 e. The van der Waals surface area contributed by atoms with Gasteiger partial charge < -0.3 is 4.74 Å². The van der Waals surface area contributed by atoms with Crippen LogP contribution in [-0.2, 0) is 14.6 Å². The normalized spacial score (nSPS) is 19.9. The third kappa shape index (κ3) is 4.89. The van der Waals surface area contributed by atoms with Gasteiger partial charge in [0.15, 0.2) is 9.84 Å². The van der Waals surface area contributed by atoms with E-state index in [-0.39, 0.29) is 6.10 Å². The number of ether oxygens (including phenoxy) is 1. The maximum atomic E-state index is 12.1. The predicted octanol–water partition coefficient (Wildman–Crippen LogP) is 5.83. The van der Waals surface area contributed by atoms with Crippen LogP contribution in [0.15, 0.2) is 35.6 Å². The van der Waals surface area contributed by atoms with E-state index in [9.17, 15) is 8.42 Å². The molecule has 0 saturated heterocycles. The van der Waals surface area contributed by atoms with Gasteiger partial charge in [-0.05, 0) is 68.8 Å². The molecule has 0 radical (unpaired) electrons. The molecular formula is C21H29ClN4O3S. The van der Waals surface area contributed by atoms with Gasteiger partial charge >= 0.3 is 0 Å². The van der Waals surface area contributed by atoms with E-state index in [0.29, 0.717) is 23.6 Å². The summed E-state index contributed by atoms with van der Waals surface area (Å²) in [5, 5.41) is 4.34. The van der Waals surface area contributed by atoms with Crippen molar-refractivity contribution in [3.63, 3.8) is 0 Å². The van der Waals surface area contributed by atoms with Crippen LogP contribution in [0, 0.1) is 0 Å². The first kappa shape index (κ1) is 24.4. The number of hydrogen-bond acceptors (Lipinski definition) is 5. The van der Waals surface area contributed by atoms with Gasteiger partial charge in [-0.1, -0.05) is 36.3 Å². The molecule has 9 heteroatoms. The highest BCUT2D eigenvalue weighted by atomic mass is 35.5. The molecule has 164 valence electrons. The Hall–Kier alpha value is -1.86. The van der Waals surface area contributed by atoms with E-state index in [4.69, 9.17) is 21.9 Å². The topological polar surface area (TPSA) is 105 Å². The molecule has 7 nitrogen and oxygen atoms in total. The predicted molar refractivity (Wildman–Crippen MR) is 121 cm³/mol. The summed E-state index contributed by atoms with van der Waals surface area (Å²) in [5.41, 5.74) is 11.3. The first-order valence-electron chi connectivity index (χ1n) is 9.74. The van der Waals surface area contributed by atoms with Crippen LogP contribution in [-0.4, -0.2) is 36.0 Å². The Labute approximate surface area is 183 Å². The maximum absolute atomic E-state index is 12.1. The highest BCUT2D eigenvalue weighted by Crippen LogP contribution is 2.45. The van der Waals surface area contributed by atoms with Crippen LogP contribution in [0.5, 0.6) is 0 Å². The lowest BCUT2D eigenvalue weighted by Gasteiger charge is -2.36. The zero-order valence-electron chi connectivity index (χ0n) is 18.3. The number of nitrogens with zero attached hydrogens (tertiary/aromatic N) is 4. The Balaban J connectivity index is 2.47. The highest BCUT2D eigenvalue weighted by molar-refractivity contribution is 7.92. The molecule has 0 aliphatic heterocycles. The lowest BCUT2D eigenvalue weighted by Crippen LogP contribution is -2.36. The molecule has 1 heterocycles. The van der Waals surface area contributed by atoms with Gasteiger partial charge in [0.2, 0.25) is 0 Å². The van der Waals surface area contributed by atoms with E-state index >= 15 is 0 Å². The van der Waals surface area contributed by atoms with Crippen LogP contribution in [0.1, 0.15) is 64.7 Å². The Morgan fingerprint density at radius 2 is 2.07 bits per heavy atom. The van der Waals surface area contributed by atoms with Gasteiger partial charge in [0.1, 0.15) is 11.3 Å². The quantitative estimate of drug-likeness (QED) is 0.214. The molecule has 3 atom stereocenters. The Bertz CT molecular complexity index is 1030. The van der Waals surface area contributed by atoms with Crippen molar-refractivity contribution in [3.05, 3.63) is 57.2 Å². The van der Waals surface area contributed by atoms with Crippen LogP contribution in [0.2, 0.25) is 5.15 Å². The van der Waals surface area contributed by atoms with Crippen molar-refractivity contribution in [3.8, 4) is 0 Å². The first-order valence-corrected chi connectivity index (χ1v) is 12.0. The van der Waals surface area contributed by atoms with Gasteiger partial charge in [-0.3, -0.25) is 0 Å². The lowest BCUT2D eigenvalue weighted by atomic mass is 9.77. The smallest absolute Gasteiger partial charge is 0.152 e. The van der Waals surface area contributed by atoms with E-state index in [1.165, 1.54) is 6.26 Å². The fraction of sp³-hybridized carbons (Fsp3) is 0.571. The standard InChI is InChI=1S/C21H29ClN4O3S/c1-8-21(6,25-26-23)17-9-13(2)19(16-12-24-18(22)10-15(16)17)29-14(3)11-20(4,5)30(7,27)28/h9-10,12,14,19H,2,8,11H2,1,3-7H3/t14-,19?,21?/m0/s1. The van der Waals surface area contributed by atoms with Crippen molar-refractivity contribution in [1.82, 2.24) is 4.98 Å². The average molecular weight is 453 g/mol. The number of azide groups is 1. The summed E-state index contributed by atoms with van der Waals surface area (Å²) in [7, 11) is -3.25. The van der Waals surface area contributed by atoms with Crippen molar-refractivity contribution < 1.29 is 13.2 Å². The summed E-state index contributed by atoms with van der Waals surface area (Å²) in [6.45, 7) is 13.2. The summed E-state index contributed by atoms with van der Waals surface area (Å²) in [6, 6.07) is 1.73. The van der Waals surface area contributed by atoms with E-state index < -0.39 is 26.2 Å². The van der Waals surface area contributed by atoms with Gasteiger partial charge in [0.05, 0.1) is 16.4 Å². The van der Waals surface area contributed by atoms with E-state index in [0.717, 1.165) is 16.7 Å². The van der Waals surface area contributed by atoms with Crippen LogP contribution in [0.4, 0.5) is 0 Å². The highest BCUT2D eigenvalue weighted by Gasteiger charge is 2.37. The van der Waals surface area contributed by atoms with Gasteiger partial charge in [-0.15, -0.1) is 0 Å². The maximum Gasteiger partial charge on any atom is 0.152 e. The second-order valence-corrected chi connectivity index (χ2v) is 11.6. The molecule has 0 N–H and O–H groups in total. The number of pyridine rings is 1. The molecule has 1 aliphatic carbocycles. The fourth-order valence-corrected chi connectivity index (χ4v) is 4.26. The second kappa shape index (κ2) is 8.71. The molecule has 30 heavy (non-hydrogen) atoms. The van der Waals surface area contributed by atoms with E-state index in [2.05, 4.69) is 21.6 Å². The Kier molecular flexibility index (Phi) is 7.09. The van der Waals surface area contributed by atoms with Crippen molar-refractivity contribution >= 4 is 27.0 Å². The summed E-state index contributed by atoms with van der Waals surface area (Å²) in [4.78, 5) is 7.23. The van der Waals surface area contributed by atoms with Gasteiger partial charge in [0.25, 0.3) is 0 Å². The number of halogens is 1. The number of hydrogen-bond donors (Lipinski definition) is 0. The molecule has 0 spiro atoms. The minimum atomic E-state index is -3.25. The van der Waals surface area contributed by atoms with Gasteiger partial charge in [-0.2, -0.15) is 0 Å². The van der Waals surface area contributed by atoms with Crippen molar-refractivity contribution in [1.29, 1.82) is 0 Å². The third-order valence-electron chi connectivity index (χ3n) is 5.83. The zero-order chi connectivity index (χ0) is 22.9. The van der Waals surface area contributed by atoms with E-state index in [1.54, 1.807) is 26.1 Å². The lowest BCUT2D eigenvalue weighted by molar-refractivity contribution is 0.00917. The number of aromatic nitrogens is 1.